The molecule has 1 aliphatic heterocycles. The van der Waals surface area contributed by atoms with E-state index < -0.39 is 0 Å². The fraction of sp³-hybridized carbons (Fsp3) is 0.909. The first-order chi connectivity index (χ1) is 6.72. The van der Waals surface area contributed by atoms with Crippen molar-refractivity contribution >= 4 is 18.5 Å². The number of likely N-dealkylation sites (tertiary alicyclic amines) is 1. The second-order valence-electron chi connectivity index (χ2n) is 4.69. The number of nitrogens with zero attached hydrogens (tertiary/aromatic N) is 1. The van der Waals surface area contributed by atoms with Crippen LogP contribution < -0.4 is 0 Å². The van der Waals surface area contributed by atoms with Gasteiger partial charge in [0.15, 0.2) is 0 Å². The predicted octanol–water partition coefficient (Wildman–Crippen LogP) is 1.81. The van der Waals surface area contributed by atoms with Crippen molar-refractivity contribution in [1.29, 1.82) is 0 Å². The molecule has 0 aromatic carbocycles. The summed E-state index contributed by atoms with van der Waals surface area (Å²) in [6, 6.07) is 0. The van der Waals surface area contributed by atoms with E-state index in [1.54, 1.807) is 6.92 Å². The summed E-state index contributed by atoms with van der Waals surface area (Å²) in [5.74, 6) is 3.99. The van der Waals surface area contributed by atoms with Crippen molar-refractivity contribution < 1.29 is 4.79 Å². The number of hydrogen-bond acceptors (Lipinski definition) is 2. The number of carbonyl (C=O) groups excluding carboxylic acids is 1. The first-order valence-electron chi connectivity index (χ1n) is 5.58. The van der Waals surface area contributed by atoms with Gasteiger partial charge in [-0.3, -0.25) is 4.79 Å². The molecule has 2 nitrogen and oxygen atoms in total. The molecule has 1 heterocycles. The van der Waals surface area contributed by atoms with Crippen LogP contribution in [0.1, 0.15) is 26.2 Å². The largest absolute Gasteiger partial charge is 0.343 e. The van der Waals surface area contributed by atoms with Crippen LogP contribution in [0.25, 0.3) is 0 Å². The van der Waals surface area contributed by atoms with Gasteiger partial charge in [-0.05, 0) is 42.8 Å². The molecule has 2 atom stereocenters. The minimum Gasteiger partial charge on any atom is -0.343 e. The fourth-order valence-corrected chi connectivity index (χ4v) is 3.12. The smallest absolute Gasteiger partial charge is 0.219 e. The Kier molecular flexibility index (Phi) is 3.05. The Morgan fingerprint density at radius 1 is 1.43 bits per heavy atom. The molecule has 2 fully saturated rings. The van der Waals surface area contributed by atoms with Crippen molar-refractivity contribution in [2.24, 2.45) is 17.8 Å². The summed E-state index contributed by atoms with van der Waals surface area (Å²) in [6.07, 6.45) is 3.82. The summed E-state index contributed by atoms with van der Waals surface area (Å²) < 4.78 is 0. The fourth-order valence-electron chi connectivity index (χ4n) is 2.70. The number of piperidine rings is 1. The van der Waals surface area contributed by atoms with Gasteiger partial charge in [-0.1, -0.05) is 0 Å². The number of carbonyl (C=O) groups is 1. The molecule has 2 aliphatic rings. The van der Waals surface area contributed by atoms with E-state index in [9.17, 15) is 4.79 Å². The minimum absolute atomic E-state index is 0.241. The van der Waals surface area contributed by atoms with E-state index in [4.69, 9.17) is 0 Å². The highest BCUT2D eigenvalue weighted by Crippen LogP contribution is 2.48. The lowest BCUT2D eigenvalue weighted by Gasteiger charge is -2.31. The summed E-state index contributed by atoms with van der Waals surface area (Å²) in [4.78, 5) is 13.1. The third-order valence-corrected chi connectivity index (χ3v) is 4.27. The van der Waals surface area contributed by atoms with Crippen LogP contribution in [0.2, 0.25) is 0 Å². The van der Waals surface area contributed by atoms with Gasteiger partial charge in [0, 0.05) is 20.0 Å². The molecule has 1 amide bonds. The quantitative estimate of drug-likeness (QED) is 0.694. The highest BCUT2D eigenvalue weighted by molar-refractivity contribution is 7.80. The second-order valence-corrected chi connectivity index (χ2v) is 5.05. The molecule has 2 unspecified atom stereocenters. The summed E-state index contributed by atoms with van der Waals surface area (Å²) in [7, 11) is 0. The second kappa shape index (κ2) is 4.13. The van der Waals surface area contributed by atoms with Gasteiger partial charge in [0.2, 0.25) is 5.91 Å². The van der Waals surface area contributed by atoms with Gasteiger partial charge in [-0.25, -0.2) is 0 Å². The average Bonchev–Trinajstić information content (AvgIpc) is 2.97. The number of rotatable bonds is 2. The zero-order valence-corrected chi connectivity index (χ0v) is 9.67. The van der Waals surface area contributed by atoms with Gasteiger partial charge in [-0.15, -0.1) is 0 Å². The molecule has 0 radical (unpaired) electrons. The maximum Gasteiger partial charge on any atom is 0.219 e. The minimum atomic E-state index is 0.241. The van der Waals surface area contributed by atoms with E-state index >= 15 is 0 Å². The summed E-state index contributed by atoms with van der Waals surface area (Å²) in [5.41, 5.74) is 0. The Hall–Kier alpha value is -0.180. The maximum absolute atomic E-state index is 11.1. The number of hydrogen-bond donors (Lipinski definition) is 1. The molecule has 1 aliphatic carbocycles. The summed E-state index contributed by atoms with van der Waals surface area (Å²) >= 11 is 4.34. The lowest BCUT2D eigenvalue weighted by atomic mass is 9.91. The van der Waals surface area contributed by atoms with E-state index in [2.05, 4.69) is 12.6 Å². The SMILES string of the molecule is CC(=O)N1CCC(C2CC2CS)CC1. The van der Waals surface area contributed by atoms with Crippen LogP contribution in [-0.2, 0) is 4.79 Å². The van der Waals surface area contributed by atoms with E-state index in [0.717, 1.165) is 36.6 Å². The molecule has 2 rings (SSSR count). The number of amides is 1. The van der Waals surface area contributed by atoms with Crippen LogP contribution in [0.3, 0.4) is 0 Å². The summed E-state index contributed by atoms with van der Waals surface area (Å²) in [5, 5.41) is 0. The van der Waals surface area contributed by atoms with E-state index in [1.807, 2.05) is 4.90 Å². The molecule has 0 aromatic rings. The average molecular weight is 213 g/mol. The lowest BCUT2D eigenvalue weighted by Crippen LogP contribution is -2.37. The molecule has 3 heteroatoms. The van der Waals surface area contributed by atoms with Crippen molar-refractivity contribution in [2.75, 3.05) is 18.8 Å². The van der Waals surface area contributed by atoms with Gasteiger partial charge in [-0.2, -0.15) is 12.6 Å². The zero-order valence-electron chi connectivity index (χ0n) is 8.78. The zero-order chi connectivity index (χ0) is 10.1. The molecule has 0 N–H and O–H groups in total. The van der Waals surface area contributed by atoms with Gasteiger partial charge >= 0.3 is 0 Å². The Labute approximate surface area is 91.5 Å². The Morgan fingerprint density at radius 2 is 2.07 bits per heavy atom. The van der Waals surface area contributed by atoms with Gasteiger partial charge in [0.25, 0.3) is 0 Å². The van der Waals surface area contributed by atoms with Crippen molar-refractivity contribution in [2.45, 2.75) is 26.2 Å². The predicted molar refractivity (Wildman–Crippen MR) is 60.4 cm³/mol. The first kappa shape index (κ1) is 10.3. The van der Waals surface area contributed by atoms with Crippen molar-refractivity contribution in [3.05, 3.63) is 0 Å². The molecule has 14 heavy (non-hydrogen) atoms. The molecule has 1 saturated heterocycles. The molecular formula is C11H19NOS. The molecule has 1 saturated carbocycles. The van der Waals surface area contributed by atoms with Crippen LogP contribution in [0.15, 0.2) is 0 Å². The van der Waals surface area contributed by atoms with E-state index in [1.165, 1.54) is 19.3 Å². The standard InChI is InChI=1S/C11H19NOS/c1-8(13)12-4-2-9(3-5-12)11-6-10(11)7-14/h9-11,14H,2-7H2,1H3. The Morgan fingerprint density at radius 3 is 2.50 bits per heavy atom. The maximum atomic E-state index is 11.1. The first-order valence-corrected chi connectivity index (χ1v) is 6.22. The third-order valence-electron chi connectivity index (χ3n) is 3.80. The molecule has 0 spiro atoms. The molecule has 0 bridgehead atoms. The lowest BCUT2D eigenvalue weighted by molar-refractivity contribution is -0.130. The topological polar surface area (TPSA) is 20.3 Å². The summed E-state index contributed by atoms with van der Waals surface area (Å²) in [6.45, 7) is 3.64. The van der Waals surface area contributed by atoms with Crippen molar-refractivity contribution in [1.82, 2.24) is 4.90 Å². The van der Waals surface area contributed by atoms with Crippen molar-refractivity contribution in [3.63, 3.8) is 0 Å². The van der Waals surface area contributed by atoms with Crippen LogP contribution in [0.5, 0.6) is 0 Å². The third kappa shape index (κ3) is 2.08. The van der Waals surface area contributed by atoms with E-state index in [-0.39, 0.29) is 5.91 Å². The highest BCUT2D eigenvalue weighted by Gasteiger charge is 2.42. The van der Waals surface area contributed by atoms with Crippen LogP contribution in [-0.4, -0.2) is 29.6 Å². The highest BCUT2D eigenvalue weighted by atomic mass is 32.1. The van der Waals surface area contributed by atoms with Crippen LogP contribution in [0, 0.1) is 17.8 Å². The monoisotopic (exact) mass is 213 g/mol. The van der Waals surface area contributed by atoms with Gasteiger partial charge in [0.05, 0.1) is 0 Å². The Balaban J connectivity index is 1.77. The molecule has 80 valence electrons. The Bertz CT molecular complexity index is 223. The van der Waals surface area contributed by atoms with Crippen molar-refractivity contribution in [3.8, 4) is 0 Å². The molecule has 0 aromatic heterocycles. The number of thiol groups is 1. The van der Waals surface area contributed by atoms with Gasteiger partial charge in [0.1, 0.15) is 0 Å². The molecular weight excluding hydrogens is 194 g/mol. The van der Waals surface area contributed by atoms with Crippen LogP contribution in [0.4, 0.5) is 0 Å². The van der Waals surface area contributed by atoms with Crippen LogP contribution >= 0.6 is 12.6 Å². The normalized spacial score (nSPS) is 33.1. The van der Waals surface area contributed by atoms with E-state index in [0.29, 0.717) is 0 Å². The van der Waals surface area contributed by atoms with Gasteiger partial charge < -0.3 is 4.90 Å².